The number of carboxylic acid groups (broad SMARTS) is 2. The second kappa shape index (κ2) is 12.4. The highest BCUT2D eigenvalue weighted by molar-refractivity contribution is 5.73. The predicted molar refractivity (Wildman–Crippen MR) is 118 cm³/mol. The Kier molecular flexibility index (Phi) is 9.70. The molecule has 3 fully saturated rings. The van der Waals surface area contributed by atoms with Gasteiger partial charge in [0, 0.05) is 31.6 Å². The Morgan fingerprint density at radius 2 is 1.47 bits per heavy atom. The molecule has 3 atom stereocenters. The average molecular weight is 558 g/mol. The fraction of sp³-hybridized carbons (Fsp3) is 0.652. The molecule has 0 aliphatic carbocycles. The molecule has 9 nitrogen and oxygen atoms in total. The molecule has 0 bridgehead atoms. The highest BCUT2D eigenvalue weighted by Gasteiger charge is 2.43. The minimum Gasteiger partial charge on any atom is -0.475 e. The van der Waals surface area contributed by atoms with E-state index in [4.69, 9.17) is 34.0 Å². The predicted octanol–water partition coefficient (Wildman–Crippen LogP) is 3.22. The fourth-order valence-corrected chi connectivity index (χ4v) is 4.94. The number of ether oxygens (including phenoxy) is 3. The number of carbonyl (C=O) groups is 2. The van der Waals surface area contributed by atoms with E-state index in [1.54, 1.807) is 0 Å². The van der Waals surface area contributed by atoms with Crippen molar-refractivity contribution in [2.24, 2.45) is 11.8 Å². The third-order valence-corrected chi connectivity index (χ3v) is 6.62. The third-order valence-electron chi connectivity index (χ3n) is 6.62. The number of alkyl halides is 6. The van der Waals surface area contributed by atoms with Gasteiger partial charge < -0.3 is 24.4 Å². The first-order valence-electron chi connectivity index (χ1n) is 11.8. The van der Waals surface area contributed by atoms with Crippen LogP contribution in [0.3, 0.4) is 0 Å². The lowest BCUT2D eigenvalue weighted by Gasteiger charge is -2.38. The summed E-state index contributed by atoms with van der Waals surface area (Å²) in [5.41, 5.74) is 1.32. The Hall–Kier alpha value is -2.78. The van der Waals surface area contributed by atoms with E-state index >= 15 is 0 Å². The van der Waals surface area contributed by atoms with Gasteiger partial charge in [-0.3, -0.25) is 9.80 Å². The van der Waals surface area contributed by atoms with Gasteiger partial charge in [-0.05, 0) is 49.5 Å². The van der Waals surface area contributed by atoms with Gasteiger partial charge in [-0.2, -0.15) is 26.3 Å². The number of halogens is 6. The molecule has 214 valence electrons. The molecule has 0 spiro atoms. The summed E-state index contributed by atoms with van der Waals surface area (Å²) in [4.78, 5) is 23.1. The molecule has 0 amide bonds. The van der Waals surface area contributed by atoms with Crippen LogP contribution in [0.1, 0.15) is 18.4 Å². The molecule has 5 rings (SSSR count). The Balaban J connectivity index is 0.000000239. The Morgan fingerprint density at radius 1 is 0.895 bits per heavy atom. The highest BCUT2D eigenvalue weighted by atomic mass is 19.4. The van der Waals surface area contributed by atoms with Gasteiger partial charge >= 0.3 is 24.3 Å². The molecular weight excluding hydrogens is 530 g/mol. The number of likely N-dealkylation sites (tertiary alicyclic amines) is 2. The lowest BCUT2D eigenvalue weighted by Crippen LogP contribution is -2.49. The van der Waals surface area contributed by atoms with E-state index in [2.05, 4.69) is 21.9 Å². The van der Waals surface area contributed by atoms with Gasteiger partial charge in [0.1, 0.15) is 0 Å². The maximum atomic E-state index is 10.6. The minimum atomic E-state index is -5.08. The van der Waals surface area contributed by atoms with Crippen LogP contribution in [0.25, 0.3) is 0 Å². The summed E-state index contributed by atoms with van der Waals surface area (Å²) in [6, 6.07) is 6.98. The quantitative estimate of drug-likeness (QED) is 0.541. The highest BCUT2D eigenvalue weighted by Crippen LogP contribution is 2.36. The first-order chi connectivity index (χ1) is 17.8. The van der Waals surface area contributed by atoms with Gasteiger partial charge in [-0.1, -0.05) is 6.07 Å². The molecule has 38 heavy (non-hydrogen) atoms. The summed E-state index contributed by atoms with van der Waals surface area (Å²) in [7, 11) is 0. The zero-order valence-electron chi connectivity index (χ0n) is 20.1. The molecule has 15 heteroatoms. The molecule has 0 saturated carbocycles. The van der Waals surface area contributed by atoms with Crippen molar-refractivity contribution in [3.8, 4) is 11.5 Å². The van der Waals surface area contributed by atoms with E-state index in [0.29, 0.717) is 18.8 Å². The van der Waals surface area contributed by atoms with Crippen LogP contribution in [0.15, 0.2) is 18.2 Å². The maximum Gasteiger partial charge on any atom is 0.490 e. The smallest absolute Gasteiger partial charge is 0.475 e. The minimum absolute atomic E-state index is 0.349. The SMILES string of the molecule is O=C(O)C(F)(F)F.O=C(O)C(F)(F)F.c1cc2c(cc1CN1C[C@@H]3COC[C@@H](N4CCCC4)[C@@H]3C1)OCO2. The lowest BCUT2D eigenvalue weighted by molar-refractivity contribution is -0.193. The van der Waals surface area contributed by atoms with Gasteiger partial charge in [0.05, 0.1) is 13.2 Å². The third kappa shape index (κ3) is 8.11. The van der Waals surface area contributed by atoms with E-state index < -0.39 is 24.3 Å². The molecule has 0 unspecified atom stereocenters. The molecule has 4 aliphatic rings. The van der Waals surface area contributed by atoms with Crippen molar-refractivity contribution in [3.63, 3.8) is 0 Å². The molecule has 2 N–H and O–H groups in total. The summed E-state index contributed by atoms with van der Waals surface area (Å²) in [5, 5.41) is 14.2. The van der Waals surface area contributed by atoms with Crippen molar-refractivity contribution in [2.75, 3.05) is 46.2 Å². The van der Waals surface area contributed by atoms with Crippen LogP contribution in [-0.4, -0.2) is 96.5 Å². The van der Waals surface area contributed by atoms with E-state index in [-0.39, 0.29) is 0 Å². The molecule has 4 heterocycles. The molecule has 1 aromatic carbocycles. The summed E-state index contributed by atoms with van der Waals surface area (Å²) in [6.45, 7) is 8.09. The molecule has 3 saturated heterocycles. The lowest BCUT2D eigenvalue weighted by atomic mass is 9.87. The van der Waals surface area contributed by atoms with E-state index in [1.165, 1.54) is 38.0 Å². The van der Waals surface area contributed by atoms with E-state index in [0.717, 1.165) is 43.7 Å². The van der Waals surface area contributed by atoms with Crippen molar-refractivity contribution in [3.05, 3.63) is 23.8 Å². The number of fused-ring (bicyclic) bond motifs is 2. The van der Waals surface area contributed by atoms with E-state index in [9.17, 15) is 26.3 Å². The van der Waals surface area contributed by atoms with Crippen LogP contribution in [-0.2, 0) is 20.9 Å². The van der Waals surface area contributed by atoms with Gasteiger partial charge in [0.2, 0.25) is 6.79 Å². The summed E-state index contributed by atoms with van der Waals surface area (Å²) < 4.78 is 80.4. The zero-order chi connectivity index (χ0) is 28.1. The second-order valence-corrected chi connectivity index (χ2v) is 9.26. The topological polar surface area (TPSA) is 109 Å². The molecule has 0 aromatic heterocycles. The van der Waals surface area contributed by atoms with Crippen molar-refractivity contribution >= 4 is 11.9 Å². The van der Waals surface area contributed by atoms with Gasteiger partial charge in [-0.15, -0.1) is 0 Å². The molecule has 1 aromatic rings. The van der Waals surface area contributed by atoms with Crippen molar-refractivity contribution < 1.29 is 60.4 Å². The second-order valence-electron chi connectivity index (χ2n) is 9.26. The number of aliphatic carboxylic acids is 2. The Morgan fingerprint density at radius 3 is 2.05 bits per heavy atom. The number of rotatable bonds is 3. The van der Waals surface area contributed by atoms with Crippen molar-refractivity contribution in [2.45, 2.75) is 37.8 Å². The van der Waals surface area contributed by atoms with Crippen LogP contribution in [0, 0.1) is 11.8 Å². The molecule has 4 aliphatic heterocycles. The number of hydrogen-bond donors (Lipinski definition) is 2. The normalized spacial score (nSPS) is 25.1. The zero-order valence-corrected chi connectivity index (χ0v) is 20.1. The number of hydrogen-bond acceptors (Lipinski definition) is 7. The van der Waals surface area contributed by atoms with Crippen LogP contribution in [0.5, 0.6) is 11.5 Å². The van der Waals surface area contributed by atoms with Crippen LogP contribution < -0.4 is 9.47 Å². The number of carboxylic acids is 2. The molecular formula is C23H28F6N2O7. The number of benzene rings is 1. The monoisotopic (exact) mass is 558 g/mol. The van der Waals surface area contributed by atoms with Crippen LogP contribution in [0.4, 0.5) is 26.3 Å². The first-order valence-corrected chi connectivity index (χ1v) is 11.8. The summed E-state index contributed by atoms with van der Waals surface area (Å²) >= 11 is 0. The standard InChI is InChI=1S/C19H26N2O3.2C2HF3O2/c1-2-6-21(5-1)17-12-22-11-15-9-20(10-16(15)17)8-14-3-4-18-19(7-14)24-13-23-18;2*3-2(4,5)1(6)7/h3-4,7,15-17H,1-2,5-6,8-13H2;2*(H,6,7)/t15-,16-,17-;;/m1../s1. The maximum absolute atomic E-state index is 10.6. The Labute approximate surface area is 213 Å². The van der Waals surface area contributed by atoms with Gasteiger partial charge in [0.25, 0.3) is 0 Å². The Bertz CT molecular complexity index is 945. The van der Waals surface area contributed by atoms with Crippen molar-refractivity contribution in [1.82, 2.24) is 9.80 Å². The van der Waals surface area contributed by atoms with Crippen LogP contribution in [0.2, 0.25) is 0 Å². The first kappa shape index (κ1) is 29.8. The largest absolute Gasteiger partial charge is 0.490 e. The number of nitrogens with zero attached hydrogens (tertiary/aromatic N) is 2. The summed E-state index contributed by atoms with van der Waals surface area (Å²) in [5.74, 6) is -2.29. The summed E-state index contributed by atoms with van der Waals surface area (Å²) in [6.07, 6.45) is -7.45. The fourth-order valence-electron chi connectivity index (χ4n) is 4.94. The van der Waals surface area contributed by atoms with Crippen LogP contribution >= 0.6 is 0 Å². The molecule has 0 radical (unpaired) electrons. The van der Waals surface area contributed by atoms with Gasteiger partial charge in [0.15, 0.2) is 11.5 Å². The van der Waals surface area contributed by atoms with Gasteiger partial charge in [-0.25, -0.2) is 9.59 Å². The van der Waals surface area contributed by atoms with E-state index in [1.807, 2.05) is 6.07 Å². The average Bonchev–Trinajstić information content (AvgIpc) is 3.58. The van der Waals surface area contributed by atoms with Crippen molar-refractivity contribution in [1.29, 1.82) is 0 Å².